The van der Waals surface area contributed by atoms with Gasteiger partial charge in [-0.2, -0.15) is 13.2 Å². The van der Waals surface area contributed by atoms with Gasteiger partial charge in [0.1, 0.15) is 0 Å². The quantitative estimate of drug-likeness (QED) is 0.618. The summed E-state index contributed by atoms with van der Waals surface area (Å²) in [5.74, 6) is -1.63. The Labute approximate surface area is 65.6 Å². The van der Waals surface area contributed by atoms with Crippen LogP contribution in [-0.2, 0) is 4.79 Å². The van der Waals surface area contributed by atoms with E-state index in [0.717, 1.165) is 11.8 Å². The van der Waals surface area contributed by atoms with Crippen molar-refractivity contribution in [2.24, 2.45) is 0 Å². The molecular weight excluding hydrogens is 177 g/mol. The Bertz CT molecular complexity index is 188. The molecule has 0 bridgehead atoms. The molecule has 0 N–H and O–H groups in total. The molecule has 1 aliphatic heterocycles. The predicted molar refractivity (Wildman–Crippen MR) is 36.2 cm³/mol. The molecule has 0 radical (unpaired) electrons. The summed E-state index contributed by atoms with van der Waals surface area (Å²) in [5, 5.41) is 0.587. The summed E-state index contributed by atoms with van der Waals surface area (Å²) in [6.07, 6.45) is -2.91. The zero-order valence-electron chi connectivity index (χ0n) is 5.39. The first-order valence-corrected chi connectivity index (χ1v) is 3.87. The zero-order chi connectivity index (χ0) is 8.48. The lowest BCUT2D eigenvalue weighted by Crippen LogP contribution is -2.31. The van der Waals surface area contributed by atoms with Gasteiger partial charge in [-0.25, -0.2) is 0 Å². The Balaban J connectivity index is 2.55. The van der Waals surface area contributed by atoms with Gasteiger partial charge in [-0.1, -0.05) is 6.08 Å². The molecule has 62 valence electrons. The minimum atomic E-state index is -4.68. The molecule has 0 amide bonds. The highest BCUT2D eigenvalue weighted by Crippen LogP contribution is 2.31. The standard InChI is InChI=1S/C6H5F3OS/c7-6(8,9)5(10)4-2-1-3-11-4/h1,3-4H,2H2. The number of ketones is 1. The maximum absolute atomic E-state index is 11.7. The molecule has 1 atom stereocenters. The highest BCUT2D eigenvalue weighted by molar-refractivity contribution is 8.03. The van der Waals surface area contributed by atoms with Gasteiger partial charge in [0.05, 0.1) is 5.25 Å². The van der Waals surface area contributed by atoms with Crippen LogP contribution in [-0.4, -0.2) is 17.2 Å². The Morgan fingerprint density at radius 2 is 2.18 bits per heavy atom. The molecule has 0 fully saturated rings. The molecular formula is C6H5F3OS. The molecule has 5 heteroatoms. The number of thioether (sulfide) groups is 1. The molecule has 0 aromatic heterocycles. The van der Waals surface area contributed by atoms with Crippen LogP contribution in [0.25, 0.3) is 0 Å². The van der Waals surface area contributed by atoms with Crippen LogP contribution in [0.4, 0.5) is 13.2 Å². The van der Waals surface area contributed by atoms with Gasteiger partial charge >= 0.3 is 6.18 Å². The maximum Gasteiger partial charge on any atom is 0.451 e. The fourth-order valence-corrected chi connectivity index (χ4v) is 1.63. The van der Waals surface area contributed by atoms with Crippen LogP contribution < -0.4 is 0 Å². The number of carbonyl (C=O) groups is 1. The summed E-state index contributed by atoms with van der Waals surface area (Å²) in [5.41, 5.74) is 0. The van der Waals surface area contributed by atoms with Crippen molar-refractivity contribution < 1.29 is 18.0 Å². The SMILES string of the molecule is O=C(C1CC=CS1)C(F)(F)F. The topological polar surface area (TPSA) is 17.1 Å². The van der Waals surface area contributed by atoms with Crippen LogP contribution in [0, 0.1) is 0 Å². The second-order valence-electron chi connectivity index (χ2n) is 2.09. The summed E-state index contributed by atoms with van der Waals surface area (Å²) in [7, 11) is 0. The van der Waals surface area contributed by atoms with E-state index in [2.05, 4.69) is 0 Å². The number of carbonyl (C=O) groups excluding carboxylic acids is 1. The molecule has 1 unspecified atom stereocenters. The number of hydrogen-bond acceptors (Lipinski definition) is 2. The van der Waals surface area contributed by atoms with Crippen LogP contribution in [0.5, 0.6) is 0 Å². The monoisotopic (exact) mass is 182 g/mol. The predicted octanol–water partition coefficient (Wildman–Crippen LogP) is 2.14. The van der Waals surface area contributed by atoms with E-state index >= 15 is 0 Å². The molecule has 0 aromatic rings. The number of rotatable bonds is 1. The third kappa shape index (κ3) is 1.99. The van der Waals surface area contributed by atoms with Gasteiger partial charge < -0.3 is 0 Å². The number of halogens is 3. The zero-order valence-corrected chi connectivity index (χ0v) is 6.21. The Morgan fingerprint density at radius 1 is 1.55 bits per heavy atom. The lowest BCUT2D eigenvalue weighted by Gasteiger charge is -2.09. The van der Waals surface area contributed by atoms with E-state index in [-0.39, 0.29) is 6.42 Å². The molecule has 11 heavy (non-hydrogen) atoms. The van der Waals surface area contributed by atoms with E-state index in [1.165, 1.54) is 5.41 Å². The van der Waals surface area contributed by atoms with E-state index in [9.17, 15) is 18.0 Å². The highest BCUT2D eigenvalue weighted by Gasteiger charge is 2.43. The van der Waals surface area contributed by atoms with Crippen LogP contribution in [0.2, 0.25) is 0 Å². The van der Waals surface area contributed by atoms with E-state index in [1.807, 2.05) is 0 Å². The molecule has 1 nitrogen and oxygen atoms in total. The van der Waals surface area contributed by atoms with Crippen molar-refractivity contribution in [1.29, 1.82) is 0 Å². The molecule has 0 spiro atoms. The molecule has 1 heterocycles. The first-order chi connectivity index (χ1) is 5.02. The van der Waals surface area contributed by atoms with Crippen molar-refractivity contribution in [1.82, 2.24) is 0 Å². The second-order valence-corrected chi connectivity index (χ2v) is 3.21. The first-order valence-electron chi connectivity index (χ1n) is 2.93. The van der Waals surface area contributed by atoms with Crippen LogP contribution in [0.3, 0.4) is 0 Å². The van der Waals surface area contributed by atoms with Crippen molar-refractivity contribution in [3.8, 4) is 0 Å². The number of hydrogen-bond donors (Lipinski definition) is 0. The Morgan fingerprint density at radius 3 is 2.55 bits per heavy atom. The van der Waals surface area contributed by atoms with Crippen LogP contribution in [0.15, 0.2) is 11.5 Å². The van der Waals surface area contributed by atoms with Crippen LogP contribution >= 0.6 is 11.8 Å². The fraction of sp³-hybridized carbons (Fsp3) is 0.500. The second kappa shape index (κ2) is 2.89. The van der Waals surface area contributed by atoms with Gasteiger partial charge in [-0.15, -0.1) is 11.8 Å². The van der Waals surface area contributed by atoms with Gasteiger partial charge in [0.2, 0.25) is 5.78 Å². The van der Waals surface area contributed by atoms with Crippen molar-refractivity contribution in [2.75, 3.05) is 0 Å². The summed E-state index contributed by atoms with van der Waals surface area (Å²) in [4.78, 5) is 10.5. The van der Waals surface area contributed by atoms with Gasteiger partial charge in [0.25, 0.3) is 0 Å². The Kier molecular flexibility index (Phi) is 2.27. The normalized spacial score (nSPS) is 24.1. The fourth-order valence-electron chi connectivity index (χ4n) is 0.736. The maximum atomic E-state index is 11.7. The average molecular weight is 182 g/mol. The third-order valence-electron chi connectivity index (χ3n) is 1.26. The summed E-state index contributed by atoms with van der Waals surface area (Å²) >= 11 is 0.927. The lowest BCUT2D eigenvalue weighted by molar-refractivity contribution is -0.170. The molecule has 0 saturated heterocycles. The van der Waals surface area contributed by atoms with E-state index in [0.29, 0.717) is 0 Å². The van der Waals surface area contributed by atoms with Crippen molar-refractivity contribution in [3.05, 3.63) is 11.5 Å². The number of allylic oxidation sites excluding steroid dienone is 1. The van der Waals surface area contributed by atoms with E-state index < -0.39 is 17.2 Å². The largest absolute Gasteiger partial charge is 0.451 e. The van der Waals surface area contributed by atoms with Crippen molar-refractivity contribution in [3.63, 3.8) is 0 Å². The minimum Gasteiger partial charge on any atom is -0.288 e. The van der Waals surface area contributed by atoms with E-state index in [1.54, 1.807) is 6.08 Å². The molecule has 1 aliphatic rings. The number of Topliss-reactive ketones (excluding diaryl/α,β-unsaturated/α-hetero) is 1. The molecule has 0 aliphatic carbocycles. The smallest absolute Gasteiger partial charge is 0.288 e. The Hall–Kier alpha value is -0.450. The average Bonchev–Trinajstić information content (AvgIpc) is 2.34. The summed E-state index contributed by atoms with van der Waals surface area (Å²) in [6.45, 7) is 0. The van der Waals surface area contributed by atoms with Crippen molar-refractivity contribution in [2.45, 2.75) is 17.8 Å². The van der Waals surface area contributed by atoms with Gasteiger partial charge in [0.15, 0.2) is 0 Å². The van der Waals surface area contributed by atoms with Crippen LogP contribution in [0.1, 0.15) is 6.42 Å². The summed E-state index contributed by atoms with van der Waals surface area (Å²) < 4.78 is 35.1. The highest BCUT2D eigenvalue weighted by atomic mass is 32.2. The summed E-state index contributed by atoms with van der Waals surface area (Å²) in [6, 6.07) is 0. The van der Waals surface area contributed by atoms with E-state index in [4.69, 9.17) is 0 Å². The lowest BCUT2D eigenvalue weighted by atomic mass is 10.2. The van der Waals surface area contributed by atoms with Gasteiger partial charge in [0, 0.05) is 0 Å². The first kappa shape index (κ1) is 8.64. The van der Waals surface area contributed by atoms with Crippen molar-refractivity contribution >= 4 is 17.5 Å². The minimum absolute atomic E-state index is 0.197. The van der Waals surface area contributed by atoms with Gasteiger partial charge in [-0.05, 0) is 11.8 Å². The molecule has 1 rings (SSSR count). The number of alkyl halides is 3. The van der Waals surface area contributed by atoms with Gasteiger partial charge in [-0.3, -0.25) is 4.79 Å². The molecule has 0 aromatic carbocycles. The molecule has 0 saturated carbocycles. The third-order valence-corrected chi connectivity index (χ3v) is 2.35.